The summed E-state index contributed by atoms with van der Waals surface area (Å²) in [6.07, 6.45) is 2.00. The molecule has 0 saturated carbocycles. The smallest absolute Gasteiger partial charge is 0.336 e. The van der Waals surface area contributed by atoms with Crippen molar-refractivity contribution >= 4 is 17.7 Å². The second-order valence-corrected chi connectivity index (χ2v) is 8.64. The predicted molar refractivity (Wildman–Crippen MR) is 132 cm³/mol. The van der Waals surface area contributed by atoms with E-state index in [-0.39, 0.29) is 19.0 Å². The third-order valence-corrected chi connectivity index (χ3v) is 6.58. The lowest BCUT2D eigenvalue weighted by molar-refractivity contribution is -0.152. The molecule has 0 radical (unpaired) electrons. The molecule has 0 bridgehead atoms. The largest absolute Gasteiger partial charge is 0.497 e. The van der Waals surface area contributed by atoms with Gasteiger partial charge in [-0.25, -0.2) is 4.79 Å². The van der Waals surface area contributed by atoms with E-state index >= 15 is 0 Å². The zero-order valence-corrected chi connectivity index (χ0v) is 20.9. The van der Waals surface area contributed by atoms with Crippen LogP contribution in [0.25, 0.3) is 0 Å². The maximum Gasteiger partial charge on any atom is 0.336 e. The number of nitrogens with one attached hydrogen (secondary N) is 1. The Hall–Kier alpha value is -3.94. The average molecular weight is 491 g/mol. The number of hydrogen-bond donors (Lipinski definition) is 1. The molecule has 1 aromatic carbocycles. The third-order valence-electron chi connectivity index (χ3n) is 6.58. The van der Waals surface area contributed by atoms with E-state index in [1.54, 1.807) is 64.4 Å². The number of hydrogen-bond acceptors (Lipinski definition) is 8. The van der Waals surface area contributed by atoms with Gasteiger partial charge in [-0.15, -0.1) is 0 Å². The highest BCUT2D eigenvalue weighted by Crippen LogP contribution is 2.47. The molecule has 4 rings (SSSR count). The van der Waals surface area contributed by atoms with Crippen LogP contribution in [0.5, 0.6) is 5.75 Å². The molecule has 36 heavy (non-hydrogen) atoms. The van der Waals surface area contributed by atoms with Crippen molar-refractivity contribution in [3.63, 3.8) is 0 Å². The fraction of sp³-hybridized carbons (Fsp3) is 0.357. The third kappa shape index (κ3) is 4.63. The van der Waals surface area contributed by atoms with Gasteiger partial charge in [-0.1, -0.05) is 18.2 Å². The predicted octanol–water partition coefficient (Wildman–Crippen LogP) is 3.80. The quantitative estimate of drug-likeness (QED) is 0.462. The van der Waals surface area contributed by atoms with Gasteiger partial charge in [0.2, 0.25) is 0 Å². The van der Waals surface area contributed by atoms with Gasteiger partial charge in [-0.2, -0.15) is 0 Å². The monoisotopic (exact) mass is 490 g/mol. The van der Waals surface area contributed by atoms with Crippen LogP contribution in [0, 0.1) is 5.92 Å². The van der Waals surface area contributed by atoms with Gasteiger partial charge in [0.15, 0.2) is 5.78 Å². The first-order valence-electron chi connectivity index (χ1n) is 12.0. The molecule has 1 N–H and O–H groups in total. The average Bonchev–Trinajstić information content (AvgIpc) is 2.88. The number of methoxy groups -OCH3 is 1. The number of esters is 2. The zero-order chi connectivity index (χ0) is 25.8. The van der Waals surface area contributed by atoms with Gasteiger partial charge in [0.1, 0.15) is 11.7 Å². The van der Waals surface area contributed by atoms with Crippen LogP contribution in [0.1, 0.15) is 50.3 Å². The fourth-order valence-electron chi connectivity index (χ4n) is 5.02. The lowest BCUT2D eigenvalue weighted by Gasteiger charge is -2.39. The molecule has 8 heteroatoms. The number of ketones is 1. The first-order valence-corrected chi connectivity index (χ1v) is 12.0. The summed E-state index contributed by atoms with van der Waals surface area (Å²) >= 11 is 0. The minimum Gasteiger partial charge on any atom is -0.497 e. The Balaban J connectivity index is 1.87. The topological polar surface area (TPSA) is 104 Å². The number of pyridine rings is 1. The van der Waals surface area contributed by atoms with E-state index in [0.29, 0.717) is 40.4 Å². The summed E-state index contributed by atoms with van der Waals surface area (Å²) in [7, 11) is 1.58. The van der Waals surface area contributed by atoms with Crippen LogP contribution in [0.4, 0.5) is 0 Å². The number of carbonyl (C=O) groups excluding carboxylic acids is 3. The summed E-state index contributed by atoms with van der Waals surface area (Å²) in [5.41, 5.74) is 3.29. The Morgan fingerprint density at radius 3 is 2.39 bits per heavy atom. The summed E-state index contributed by atoms with van der Waals surface area (Å²) < 4.78 is 16.0. The molecule has 188 valence electrons. The number of benzene rings is 1. The summed E-state index contributed by atoms with van der Waals surface area (Å²) in [6.45, 7) is 5.57. The van der Waals surface area contributed by atoms with Crippen molar-refractivity contribution in [2.45, 2.75) is 39.0 Å². The summed E-state index contributed by atoms with van der Waals surface area (Å²) in [5.74, 6) is -3.09. The van der Waals surface area contributed by atoms with E-state index in [9.17, 15) is 14.4 Å². The minimum absolute atomic E-state index is 0.152. The first kappa shape index (κ1) is 25.2. The Kier molecular flexibility index (Phi) is 7.52. The molecular formula is C28H30N2O6. The molecule has 0 saturated heterocycles. The van der Waals surface area contributed by atoms with Gasteiger partial charge in [0, 0.05) is 29.1 Å². The van der Waals surface area contributed by atoms with Crippen molar-refractivity contribution in [3.05, 3.63) is 82.5 Å². The Bertz CT molecular complexity index is 1220. The van der Waals surface area contributed by atoms with Crippen LogP contribution in [0.15, 0.2) is 71.2 Å². The highest BCUT2D eigenvalue weighted by molar-refractivity contribution is 6.13. The molecule has 1 aliphatic heterocycles. The Morgan fingerprint density at radius 2 is 1.78 bits per heavy atom. The molecule has 1 aromatic heterocycles. The second-order valence-electron chi connectivity index (χ2n) is 8.64. The number of aromatic nitrogens is 1. The van der Waals surface area contributed by atoms with E-state index in [0.717, 1.165) is 5.56 Å². The van der Waals surface area contributed by atoms with Crippen LogP contribution in [0.3, 0.4) is 0 Å². The van der Waals surface area contributed by atoms with Gasteiger partial charge in [-0.3, -0.25) is 14.6 Å². The van der Waals surface area contributed by atoms with E-state index in [1.807, 2.05) is 12.1 Å². The number of ether oxygens (including phenoxy) is 3. The second kappa shape index (κ2) is 10.8. The number of allylic oxidation sites excluding steroid dienone is 3. The molecule has 8 nitrogen and oxygen atoms in total. The van der Waals surface area contributed by atoms with Gasteiger partial charge < -0.3 is 19.5 Å². The lowest BCUT2D eigenvalue weighted by Crippen LogP contribution is -2.43. The van der Waals surface area contributed by atoms with Crippen molar-refractivity contribution in [2.24, 2.45) is 5.92 Å². The van der Waals surface area contributed by atoms with Crippen LogP contribution >= 0.6 is 0 Å². The molecule has 0 spiro atoms. The van der Waals surface area contributed by atoms with Gasteiger partial charge in [0.25, 0.3) is 0 Å². The molecule has 2 aromatic rings. The highest BCUT2D eigenvalue weighted by atomic mass is 16.5. The van der Waals surface area contributed by atoms with Crippen molar-refractivity contribution < 1.29 is 28.6 Å². The van der Waals surface area contributed by atoms with Crippen molar-refractivity contribution in [1.82, 2.24) is 10.3 Å². The van der Waals surface area contributed by atoms with Crippen LogP contribution < -0.4 is 10.1 Å². The van der Waals surface area contributed by atoms with E-state index in [2.05, 4.69) is 10.3 Å². The number of dihydropyridines is 1. The summed E-state index contributed by atoms with van der Waals surface area (Å²) in [4.78, 5) is 44.9. The molecule has 0 amide bonds. The normalized spacial score (nSPS) is 21.4. The molecule has 0 fully saturated rings. The van der Waals surface area contributed by atoms with Crippen molar-refractivity contribution in [2.75, 3.05) is 20.3 Å². The van der Waals surface area contributed by atoms with Crippen LogP contribution in [-0.2, 0) is 23.9 Å². The number of nitrogens with zero attached hydrogens (tertiary/aromatic N) is 1. The lowest BCUT2D eigenvalue weighted by atomic mass is 9.67. The molecule has 2 aliphatic rings. The molecule has 3 atom stereocenters. The van der Waals surface area contributed by atoms with Crippen molar-refractivity contribution in [3.8, 4) is 5.75 Å². The van der Waals surface area contributed by atoms with E-state index in [1.165, 1.54) is 0 Å². The Labute approximate surface area is 210 Å². The first-order chi connectivity index (χ1) is 17.4. The van der Waals surface area contributed by atoms with E-state index < -0.39 is 29.7 Å². The number of carbonyl (C=O) groups is 3. The number of Topliss-reactive ketones (excluding diaryl/α,β-unsaturated/α-hetero) is 1. The Morgan fingerprint density at radius 1 is 1.06 bits per heavy atom. The van der Waals surface area contributed by atoms with E-state index in [4.69, 9.17) is 14.2 Å². The molecule has 2 heterocycles. The van der Waals surface area contributed by atoms with Crippen LogP contribution in [-0.4, -0.2) is 43.0 Å². The van der Waals surface area contributed by atoms with Crippen molar-refractivity contribution in [1.29, 1.82) is 0 Å². The summed E-state index contributed by atoms with van der Waals surface area (Å²) in [6, 6.07) is 12.7. The van der Waals surface area contributed by atoms with Gasteiger partial charge in [0.05, 0.1) is 37.5 Å². The number of rotatable bonds is 7. The van der Waals surface area contributed by atoms with Crippen LogP contribution in [0.2, 0.25) is 0 Å². The minimum atomic E-state index is -1.06. The van der Waals surface area contributed by atoms with Gasteiger partial charge >= 0.3 is 11.9 Å². The molecular weight excluding hydrogens is 460 g/mol. The SMILES string of the molecule is CCOC(=O)C1=C(C)NC2=C(C(=O)[C@H](C(=O)OCC)[C@@H](c3ccc(OC)cc3)C2)[C@H]1c1ccccn1. The maximum absolute atomic E-state index is 14.2. The zero-order valence-electron chi connectivity index (χ0n) is 20.9. The van der Waals surface area contributed by atoms with Gasteiger partial charge in [-0.05, 0) is 57.0 Å². The molecule has 0 unspecified atom stereocenters. The standard InChI is InChI=1S/C28H30N2O6/c1-5-35-27(32)22-16(3)30-21-15-19(17-10-12-18(34-4)13-11-17)23(28(33)36-6-2)26(31)25(21)24(22)20-9-7-8-14-29-20/h7-14,19,23-24,30H,5-6,15H2,1-4H3/t19-,23-,24+/m1/s1. The fourth-order valence-corrected chi connectivity index (χ4v) is 5.02. The molecule has 1 aliphatic carbocycles. The maximum atomic E-state index is 14.2. The highest BCUT2D eigenvalue weighted by Gasteiger charge is 2.49. The summed E-state index contributed by atoms with van der Waals surface area (Å²) in [5, 5.41) is 3.28.